The van der Waals surface area contributed by atoms with Gasteiger partial charge in [0.25, 0.3) is 0 Å². The van der Waals surface area contributed by atoms with Crippen molar-refractivity contribution in [1.82, 2.24) is 0 Å². The van der Waals surface area contributed by atoms with Crippen molar-refractivity contribution >= 4 is 17.5 Å². The fraction of sp³-hybridized carbons (Fsp3) is 0.273. The molecule has 0 unspecified atom stereocenters. The van der Waals surface area contributed by atoms with Gasteiger partial charge < -0.3 is 0 Å². The van der Waals surface area contributed by atoms with Crippen molar-refractivity contribution in [2.24, 2.45) is 5.92 Å². The number of Topliss-reactive ketones (excluding diaryl/α,β-unsaturated/α-hetero) is 1. The smallest absolute Gasteiger partial charge is 0.181 e. The van der Waals surface area contributed by atoms with Crippen molar-refractivity contribution in [2.75, 3.05) is 5.75 Å². The van der Waals surface area contributed by atoms with E-state index < -0.39 is 5.92 Å². The first kappa shape index (κ1) is 9.29. The van der Waals surface area contributed by atoms with Gasteiger partial charge in [0, 0.05) is 10.5 Å². The molecule has 1 aliphatic rings. The van der Waals surface area contributed by atoms with Gasteiger partial charge in [-0.05, 0) is 18.2 Å². The summed E-state index contributed by atoms with van der Waals surface area (Å²) in [5, 5.41) is 8.83. The standard InChI is InChI=1S/C11H9NOS/c12-7-8-5-6-14-10-4-2-1-3-9(10)11(8)13/h1-4,8H,5-6H2/t8-/m1/s1. The van der Waals surface area contributed by atoms with Crippen LogP contribution in [0.5, 0.6) is 0 Å². The van der Waals surface area contributed by atoms with Crippen LogP contribution in [0.4, 0.5) is 0 Å². The number of ketones is 1. The molecule has 0 fully saturated rings. The Morgan fingerprint density at radius 2 is 2.21 bits per heavy atom. The van der Waals surface area contributed by atoms with Gasteiger partial charge in [-0.3, -0.25) is 4.79 Å². The number of hydrogen-bond donors (Lipinski definition) is 0. The number of carbonyl (C=O) groups excluding carboxylic acids is 1. The minimum absolute atomic E-state index is 0.0203. The van der Waals surface area contributed by atoms with Crippen LogP contribution >= 0.6 is 11.8 Å². The molecule has 0 saturated carbocycles. The molecule has 3 heteroatoms. The molecule has 1 aromatic carbocycles. The lowest BCUT2D eigenvalue weighted by molar-refractivity contribution is 0.0945. The Kier molecular flexibility index (Phi) is 2.55. The lowest BCUT2D eigenvalue weighted by Gasteiger charge is -2.03. The van der Waals surface area contributed by atoms with E-state index in [1.165, 1.54) is 0 Å². The number of benzene rings is 1. The lowest BCUT2D eigenvalue weighted by atomic mass is 9.97. The molecule has 1 heterocycles. The first-order valence-corrected chi connectivity index (χ1v) is 5.47. The summed E-state index contributed by atoms with van der Waals surface area (Å²) < 4.78 is 0. The first-order chi connectivity index (χ1) is 6.83. The van der Waals surface area contributed by atoms with Crippen molar-refractivity contribution in [1.29, 1.82) is 5.26 Å². The Balaban J connectivity index is 2.46. The molecule has 1 aliphatic heterocycles. The van der Waals surface area contributed by atoms with E-state index in [-0.39, 0.29) is 5.78 Å². The van der Waals surface area contributed by atoms with Crippen LogP contribution in [-0.2, 0) is 0 Å². The quantitative estimate of drug-likeness (QED) is 0.650. The van der Waals surface area contributed by atoms with Gasteiger partial charge in [-0.2, -0.15) is 5.26 Å². The zero-order valence-corrected chi connectivity index (χ0v) is 8.38. The topological polar surface area (TPSA) is 40.9 Å². The van der Waals surface area contributed by atoms with E-state index in [1.807, 2.05) is 18.2 Å². The molecule has 0 radical (unpaired) electrons. The van der Waals surface area contributed by atoms with Crippen LogP contribution in [0.3, 0.4) is 0 Å². The molecule has 2 rings (SSSR count). The average Bonchev–Trinajstić information content (AvgIpc) is 2.39. The highest BCUT2D eigenvalue weighted by Gasteiger charge is 2.24. The summed E-state index contributed by atoms with van der Waals surface area (Å²) in [5.74, 6) is 0.375. The van der Waals surface area contributed by atoms with Crippen LogP contribution in [0.2, 0.25) is 0 Å². The summed E-state index contributed by atoms with van der Waals surface area (Å²) in [6, 6.07) is 9.59. The van der Waals surface area contributed by atoms with E-state index in [0.717, 1.165) is 10.6 Å². The average molecular weight is 203 g/mol. The number of nitrogens with zero attached hydrogens (tertiary/aromatic N) is 1. The molecule has 0 N–H and O–H groups in total. The van der Waals surface area contributed by atoms with Crippen molar-refractivity contribution in [3.8, 4) is 6.07 Å². The van der Waals surface area contributed by atoms with Gasteiger partial charge in [0.05, 0.1) is 6.07 Å². The molecule has 0 saturated heterocycles. The van der Waals surface area contributed by atoms with Crippen LogP contribution < -0.4 is 0 Å². The van der Waals surface area contributed by atoms with Crippen molar-refractivity contribution in [3.63, 3.8) is 0 Å². The Morgan fingerprint density at radius 3 is 3.00 bits per heavy atom. The summed E-state index contributed by atoms with van der Waals surface area (Å²) in [4.78, 5) is 12.8. The predicted octanol–water partition coefficient (Wildman–Crippen LogP) is 2.50. The molecule has 2 nitrogen and oxygen atoms in total. The van der Waals surface area contributed by atoms with Crippen LogP contribution in [0.25, 0.3) is 0 Å². The number of fused-ring (bicyclic) bond motifs is 1. The second-order valence-corrected chi connectivity index (χ2v) is 4.32. The summed E-state index contributed by atoms with van der Waals surface area (Å²) in [6.45, 7) is 0. The SMILES string of the molecule is N#C[C@H]1CCSc2ccccc2C1=O. The highest BCUT2D eigenvalue weighted by Crippen LogP contribution is 2.30. The Bertz CT molecular complexity index is 408. The molecule has 14 heavy (non-hydrogen) atoms. The number of carbonyl (C=O) groups is 1. The molecule has 0 aliphatic carbocycles. The van der Waals surface area contributed by atoms with Gasteiger partial charge in [0.2, 0.25) is 0 Å². The molecule has 0 aromatic heterocycles. The maximum absolute atomic E-state index is 11.8. The number of rotatable bonds is 0. The van der Waals surface area contributed by atoms with E-state index in [9.17, 15) is 4.79 Å². The maximum atomic E-state index is 11.8. The van der Waals surface area contributed by atoms with Gasteiger partial charge in [-0.15, -0.1) is 11.8 Å². The maximum Gasteiger partial charge on any atom is 0.181 e. The minimum Gasteiger partial charge on any atom is -0.293 e. The molecule has 1 aromatic rings. The van der Waals surface area contributed by atoms with Gasteiger partial charge in [-0.25, -0.2) is 0 Å². The third-order valence-corrected chi connectivity index (χ3v) is 3.40. The largest absolute Gasteiger partial charge is 0.293 e. The molecule has 0 amide bonds. The first-order valence-electron chi connectivity index (χ1n) is 4.48. The highest BCUT2D eigenvalue weighted by molar-refractivity contribution is 7.99. The van der Waals surface area contributed by atoms with Gasteiger partial charge in [-0.1, -0.05) is 18.2 Å². The van der Waals surface area contributed by atoms with Crippen LogP contribution in [0.1, 0.15) is 16.8 Å². The zero-order valence-electron chi connectivity index (χ0n) is 7.56. The molecule has 0 bridgehead atoms. The second kappa shape index (κ2) is 3.85. The fourth-order valence-electron chi connectivity index (χ4n) is 1.52. The Labute approximate surface area is 86.9 Å². The second-order valence-electron chi connectivity index (χ2n) is 3.18. The van der Waals surface area contributed by atoms with Crippen LogP contribution in [0.15, 0.2) is 29.2 Å². The van der Waals surface area contributed by atoms with Gasteiger partial charge in [0.15, 0.2) is 5.78 Å². The number of hydrogen-bond acceptors (Lipinski definition) is 3. The molecular weight excluding hydrogens is 194 g/mol. The van der Waals surface area contributed by atoms with E-state index >= 15 is 0 Å². The predicted molar refractivity (Wildman–Crippen MR) is 55.2 cm³/mol. The molecule has 0 spiro atoms. The van der Waals surface area contributed by atoms with Crippen molar-refractivity contribution < 1.29 is 4.79 Å². The monoisotopic (exact) mass is 203 g/mol. The summed E-state index contributed by atoms with van der Waals surface area (Å²) >= 11 is 1.66. The Morgan fingerprint density at radius 1 is 1.43 bits per heavy atom. The third-order valence-electron chi connectivity index (χ3n) is 2.29. The van der Waals surface area contributed by atoms with E-state index in [4.69, 9.17) is 5.26 Å². The van der Waals surface area contributed by atoms with E-state index in [1.54, 1.807) is 17.8 Å². The van der Waals surface area contributed by atoms with Gasteiger partial charge in [0.1, 0.15) is 5.92 Å². The van der Waals surface area contributed by atoms with Crippen molar-refractivity contribution in [2.45, 2.75) is 11.3 Å². The minimum atomic E-state index is -0.453. The molecule has 70 valence electrons. The van der Waals surface area contributed by atoms with E-state index in [0.29, 0.717) is 12.0 Å². The highest BCUT2D eigenvalue weighted by atomic mass is 32.2. The summed E-state index contributed by atoms with van der Waals surface area (Å²) in [7, 11) is 0. The van der Waals surface area contributed by atoms with Crippen molar-refractivity contribution in [3.05, 3.63) is 29.8 Å². The fourth-order valence-corrected chi connectivity index (χ4v) is 2.60. The molecular formula is C11H9NOS. The summed E-state index contributed by atoms with van der Waals surface area (Å²) in [5.41, 5.74) is 0.710. The lowest BCUT2D eigenvalue weighted by Crippen LogP contribution is -2.12. The normalized spacial score (nSPS) is 20.8. The zero-order chi connectivity index (χ0) is 9.97. The van der Waals surface area contributed by atoms with Gasteiger partial charge >= 0.3 is 0 Å². The van der Waals surface area contributed by atoms with Crippen LogP contribution in [-0.4, -0.2) is 11.5 Å². The number of thioether (sulfide) groups is 1. The van der Waals surface area contributed by atoms with Crippen LogP contribution in [0, 0.1) is 17.2 Å². The Hall–Kier alpha value is -1.27. The summed E-state index contributed by atoms with van der Waals surface area (Å²) in [6.07, 6.45) is 0.661. The molecule has 1 atom stereocenters. The number of nitriles is 1. The van der Waals surface area contributed by atoms with E-state index in [2.05, 4.69) is 6.07 Å². The third kappa shape index (κ3) is 1.53.